The lowest BCUT2D eigenvalue weighted by Crippen LogP contribution is -2.40. The van der Waals surface area contributed by atoms with Gasteiger partial charge in [0.15, 0.2) is 5.82 Å². The van der Waals surface area contributed by atoms with Gasteiger partial charge in [-0.3, -0.25) is 4.79 Å². The van der Waals surface area contributed by atoms with E-state index in [2.05, 4.69) is 15.5 Å². The Morgan fingerprint density at radius 3 is 2.65 bits per heavy atom. The van der Waals surface area contributed by atoms with Gasteiger partial charge in [-0.25, -0.2) is 0 Å². The fraction of sp³-hybridized carbons (Fsp3) is 0.600. The standard InChI is InChI=1S/C10H16N4O2S/c1-5(2)8(9(11)17)10(15)12-4-7-13-6(3)16-14-7/h5,8H,4H2,1-3H3,(H2,11,17)(H,12,15). The topological polar surface area (TPSA) is 94.0 Å². The zero-order valence-corrected chi connectivity index (χ0v) is 10.9. The number of carbonyl (C=O) groups excluding carboxylic acids is 1. The molecule has 0 aliphatic carbocycles. The highest BCUT2D eigenvalue weighted by atomic mass is 32.1. The van der Waals surface area contributed by atoms with Crippen molar-refractivity contribution in [3.8, 4) is 0 Å². The number of hydrogen-bond acceptors (Lipinski definition) is 5. The third-order valence-corrected chi connectivity index (χ3v) is 2.50. The Kier molecular flexibility index (Phi) is 4.56. The van der Waals surface area contributed by atoms with Gasteiger partial charge < -0.3 is 15.6 Å². The van der Waals surface area contributed by atoms with E-state index in [1.807, 2.05) is 13.8 Å². The Morgan fingerprint density at radius 1 is 1.59 bits per heavy atom. The Morgan fingerprint density at radius 2 is 2.24 bits per heavy atom. The van der Waals surface area contributed by atoms with E-state index in [4.69, 9.17) is 22.5 Å². The molecular formula is C10H16N4O2S. The number of nitrogens with zero attached hydrogens (tertiary/aromatic N) is 2. The monoisotopic (exact) mass is 256 g/mol. The first-order chi connectivity index (χ1) is 7.91. The van der Waals surface area contributed by atoms with Crippen LogP contribution in [0.2, 0.25) is 0 Å². The Labute approximate surface area is 105 Å². The summed E-state index contributed by atoms with van der Waals surface area (Å²) in [5.41, 5.74) is 5.53. The van der Waals surface area contributed by atoms with Crippen molar-refractivity contribution >= 4 is 23.1 Å². The van der Waals surface area contributed by atoms with E-state index in [1.54, 1.807) is 6.92 Å². The molecule has 0 aromatic carbocycles. The van der Waals surface area contributed by atoms with Crippen molar-refractivity contribution in [2.75, 3.05) is 0 Å². The van der Waals surface area contributed by atoms with E-state index in [0.29, 0.717) is 11.7 Å². The lowest BCUT2D eigenvalue weighted by molar-refractivity contribution is -0.124. The summed E-state index contributed by atoms with van der Waals surface area (Å²) in [4.78, 5) is 16.0. The molecule has 0 spiro atoms. The highest BCUT2D eigenvalue weighted by Crippen LogP contribution is 2.11. The molecule has 1 heterocycles. The molecule has 3 N–H and O–H groups in total. The van der Waals surface area contributed by atoms with Gasteiger partial charge in [-0.2, -0.15) is 4.98 Å². The van der Waals surface area contributed by atoms with E-state index in [0.717, 1.165) is 0 Å². The van der Waals surface area contributed by atoms with Crippen LogP contribution in [0.4, 0.5) is 0 Å². The molecule has 1 aromatic rings. The maximum Gasteiger partial charge on any atom is 0.230 e. The first kappa shape index (κ1) is 13.6. The lowest BCUT2D eigenvalue weighted by atomic mass is 9.95. The number of thiocarbonyl (C=S) groups is 1. The van der Waals surface area contributed by atoms with E-state index in [1.165, 1.54) is 0 Å². The van der Waals surface area contributed by atoms with E-state index in [9.17, 15) is 4.79 Å². The summed E-state index contributed by atoms with van der Waals surface area (Å²) >= 11 is 4.87. The molecule has 0 saturated carbocycles. The van der Waals surface area contributed by atoms with Crippen LogP contribution < -0.4 is 11.1 Å². The SMILES string of the molecule is Cc1nc(CNC(=O)C(C(N)=S)C(C)C)no1. The fourth-order valence-electron chi connectivity index (χ4n) is 1.45. The summed E-state index contributed by atoms with van der Waals surface area (Å²) in [5.74, 6) is 0.262. The summed E-state index contributed by atoms with van der Waals surface area (Å²) in [6, 6.07) is 0. The smallest absolute Gasteiger partial charge is 0.230 e. The molecular weight excluding hydrogens is 240 g/mol. The Balaban J connectivity index is 2.56. The Hall–Kier alpha value is -1.50. The highest BCUT2D eigenvalue weighted by molar-refractivity contribution is 7.80. The van der Waals surface area contributed by atoms with Gasteiger partial charge in [0, 0.05) is 6.92 Å². The molecule has 7 heteroatoms. The molecule has 0 saturated heterocycles. The van der Waals surface area contributed by atoms with Gasteiger partial charge in [0.05, 0.1) is 17.5 Å². The van der Waals surface area contributed by atoms with Crippen molar-refractivity contribution in [3.05, 3.63) is 11.7 Å². The summed E-state index contributed by atoms with van der Waals surface area (Å²) in [5, 5.41) is 6.36. The molecule has 1 aromatic heterocycles. The van der Waals surface area contributed by atoms with Gasteiger partial charge in [0.2, 0.25) is 11.8 Å². The third-order valence-electron chi connectivity index (χ3n) is 2.25. The van der Waals surface area contributed by atoms with Crippen molar-refractivity contribution in [2.24, 2.45) is 17.6 Å². The molecule has 0 fully saturated rings. The van der Waals surface area contributed by atoms with Crippen LogP contribution in [0.1, 0.15) is 25.6 Å². The second-order valence-corrected chi connectivity index (χ2v) is 4.54. The van der Waals surface area contributed by atoms with E-state index >= 15 is 0 Å². The van der Waals surface area contributed by atoms with Gasteiger partial charge in [0.25, 0.3) is 0 Å². The van der Waals surface area contributed by atoms with Gasteiger partial charge in [0.1, 0.15) is 0 Å². The number of hydrogen-bond donors (Lipinski definition) is 2. The second kappa shape index (κ2) is 5.72. The van der Waals surface area contributed by atoms with Crippen LogP contribution in [-0.4, -0.2) is 21.0 Å². The number of aromatic nitrogens is 2. The van der Waals surface area contributed by atoms with Crippen molar-refractivity contribution in [2.45, 2.75) is 27.3 Å². The molecule has 6 nitrogen and oxygen atoms in total. The molecule has 1 rings (SSSR count). The van der Waals surface area contributed by atoms with Crippen LogP contribution in [0.15, 0.2) is 4.52 Å². The van der Waals surface area contributed by atoms with E-state index in [-0.39, 0.29) is 23.4 Å². The maximum absolute atomic E-state index is 11.8. The lowest BCUT2D eigenvalue weighted by Gasteiger charge is -2.18. The minimum atomic E-state index is -0.474. The van der Waals surface area contributed by atoms with Crippen LogP contribution in [0.5, 0.6) is 0 Å². The van der Waals surface area contributed by atoms with E-state index < -0.39 is 5.92 Å². The number of aryl methyl sites for hydroxylation is 1. The molecule has 0 radical (unpaired) electrons. The number of amides is 1. The molecule has 0 aliphatic rings. The van der Waals surface area contributed by atoms with Crippen LogP contribution in [0, 0.1) is 18.8 Å². The second-order valence-electron chi connectivity index (χ2n) is 4.07. The van der Waals surface area contributed by atoms with Crippen molar-refractivity contribution < 1.29 is 9.32 Å². The van der Waals surface area contributed by atoms with Crippen LogP contribution in [0.3, 0.4) is 0 Å². The predicted molar refractivity (Wildman–Crippen MR) is 66.0 cm³/mol. The van der Waals surface area contributed by atoms with Crippen molar-refractivity contribution in [3.63, 3.8) is 0 Å². The summed E-state index contributed by atoms with van der Waals surface area (Å²) < 4.78 is 4.79. The van der Waals surface area contributed by atoms with Crippen molar-refractivity contribution in [1.82, 2.24) is 15.5 Å². The normalized spacial score (nSPS) is 12.5. The van der Waals surface area contributed by atoms with Gasteiger partial charge in [-0.15, -0.1) is 0 Å². The predicted octanol–water partition coefficient (Wildman–Crippen LogP) is 0.553. The minimum absolute atomic E-state index is 0.0551. The molecule has 0 bridgehead atoms. The molecule has 17 heavy (non-hydrogen) atoms. The molecule has 0 aliphatic heterocycles. The first-order valence-electron chi connectivity index (χ1n) is 5.28. The average Bonchev–Trinajstić information content (AvgIpc) is 2.60. The third kappa shape index (κ3) is 3.77. The quantitative estimate of drug-likeness (QED) is 0.747. The van der Waals surface area contributed by atoms with Crippen LogP contribution in [-0.2, 0) is 11.3 Å². The zero-order chi connectivity index (χ0) is 13.0. The summed E-state index contributed by atoms with van der Waals surface area (Å²) in [7, 11) is 0. The molecule has 1 atom stereocenters. The maximum atomic E-state index is 11.8. The first-order valence-corrected chi connectivity index (χ1v) is 5.69. The van der Waals surface area contributed by atoms with Gasteiger partial charge >= 0.3 is 0 Å². The molecule has 1 unspecified atom stereocenters. The Bertz CT molecular complexity index is 416. The van der Waals surface area contributed by atoms with Crippen molar-refractivity contribution in [1.29, 1.82) is 0 Å². The largest absolute Gasteiger partial charge is 0.393 e. The van der Waals surface area contributed by atoms with Gasteiger partial charge in [-0.05, 0) is 5.92 Å². The summed E-state index contributed by atoms with van der Waals surface area (Å²) in [6.45, 7) is 5.68. The number of nitrogens with two attached hydrogens (primary N) is 1. The zero-order valence-electron chi connectivity index (χ0n) is 10.1. The highest BCUT2D eigenvalue weighted by Gasteiger charge is 2.24. The number of carbonyl (C=O) groups is 1. The summed E-state index contributed by atoms with van der Waals surface area (Å²) in [6.07, 6.45) is 0. The average molecular weight is 256 g/mol. The molecule has 1 amide bonds. The fourth-order valence-corrected chi connectivity index (χ4v) is 1.83. The number of nitrogens with one attached hydrogen (secondary N) is 1. The van der Waals surface area contributed by atoms with Crippen LogP contribution >= 0.6 is 12.2 Å². The van der Waals surface area contributed by atoms with Gasteiger partial charge in [-0.1, -0.05) is 31.2 Å². The number of rotatable bonds is 5. The minimum Gasteiger partial charge on any atom is -0.393 e. The molecule has 94 valence electrons. The van der Waals surface area contributed by atoms with Crippen LogP contribution in [0.25, 0.3) is 0 Å².